The molecule has 2 heterocycles. The number of carbonyl (C=O) groups is 1. The van der Waals surface area contributed by atoms with Crippen molar-refractivity contribution in [1.82, 2.24) is 5.43 Å². The first-order valence-electron chi connectivity index (χ1n) is 3.37. The van der Waals surface area contributed by atoms with Gasteiger partial charge in [-0.1, -0.05) is 0 Å². The second-order valence-electron chi connectivity index (χ2n) is 2.37. The molecule has 0 saturated carbocycles. The lowest BCUT2D eigenvalue weighted by Crippen LogP contribution is -2.09. The largest absolute Gasteiger partial charge is 0.448 e. The standard InChI is InChI=1S/C7H5BrN2O2/c8-6-2-1-5(12-6)4-3-7(11)10-9-4/h1-2H,3H2,(H,10,11). The molecule has 12 heavy (non-hydrogen) atoms. The summed E-state index contributed by atoms with van der Waals surface area (Å²) in [5.74, 6) is 0.526. The molecule has 0 saturated heterocycles. The molecule has 0 radical (unpaired) electrons. The number of halogens is 1. The Balaban J connectivity index is 2.27. The van der Waals surface area contributed by atoms with E-state index in [1.54, 1.807) is 12.1 Å². The fraction of sp³-hybridized carbons (Fsp3) is 0.143. The molecule has 0 atom stereocenters. The van der Waals surface area contributed by atoms with Gasteiger partial charge in [-0.25, -0.2) is 5.43 Å². The van der Waals surface area contributed by atoms with Gasteiger partial charge in [-0.3, -0.25) is 4.79 Å². The molecule has 0 aromatic carbocycles. The van der Waals surface area contributed by atoms with E-state index in [4.69, 9.17) is 4.42 Å². The summed E-state index contributed by atoms with van der Waals surface area (Å²) in [6.07, 6.45) is 0.292. The molecule has 1 N–H and O–H groups in total. The van der Waals surface area contributed by atoms with E-state index in [1.807, 2.05) is 0 Å². The molecule has 62 valence electrons. The van der Waals surface area contributed by atoms with Crippen LogP contribution in [-0.2, 0) is 4.79 Å². The predicted molar refractivity (Wildman–Crippen MR) is 45.7 cm³/mol. The zero-order chi connectivity index (χ0) is 8.55. The molecule has 4 nitrogen and oxygen atoms in total. The molecule has 1 aliphatic rings. The number of amides is 1. The number of carbonyl (C=O) groups excluding carboxylic acids is 1. The van der Waals surface area contributed by atoms with Crippen molar-refractivity contribution in [2.75, 3.05) is 0 Å². The molecular formula is C7H5BrN2O2. The van der Waals surface area contributed by atoms with Crippen LogP contribution < -0.4 is 5.43 Å². The molecule has 1 aliphatic heterocycles. The Morgan fingerprint density at radius 1 is 1.58 bits per heavy atom. The average molecular weight is 229 g/mol. The van der Waals surface area contributed by atoms with E-state index in [9.17, 15) is 4.79 Å². The van der Waals surface area contributed by atoms with Crippen LogP contribution in [0.5, 0.6) is 0 Å². The van der Waals surface area contributed by atoms with Crippen molar-refractivity contribution < 1.29 is 9.21 Å². The first-order valence-corrected chi connectivity index (χ1v) is 4.16. The molecule has 0 aliphatic carbocycles. The lowest BCUT2D eigenvalue weighted by Gasteiger charge is -1.88. The van der Waals surface area contributed by atoms with Gasteiger partial charge in [0.2, 0.25) is 5.91 Å². The zero-order valence-corrected chi connectivity index (χ0v) is 7.59. The Hall–Kier alpha value is -1.10. The first-order chi connectivity index (χ1) is 5.75. The van der Waals surface area contributed by atoms with E-state index >= 15 is 0 Å². The van der Waals surface area contributed by atoms with Gasteiger partial charge in [0, 0.05) is 0 Å². The quantitative estimate of drug-likeness (QED) is 0.788. The topological polar surface area (TPSA) is 54.6 Å². The highest BCUT2D eigenvalue weighted by Gasteiger charge is 2.18. The Kier molecular flexibility index (Phi) is 1.73. The van der Waals surface area contributed by atoms with Crippen LogP contribution in [0.25, 0.3) is 0 Å². The minimum absolute atomic E-state index is 0.0995. The van der Waals surface area contributed by atoms with Crippen LogP contribution in [0.4, 0.5) is 0 Å². The number of rotatable bonds is 1. The van der Waals surface area contributed by atoms with Crippen LogP contribution in [0, 0.1) is 0 Å². The van der Waals surface area contributed by atoms with Gasteiger partial charge in [0.1, 0.15) is 5.71 Å². The number of nitrogens with zero attached hydrogens (tertiary/aromatic N) is 1. The van der Waals surface area contributed by atoms with Crippen LogP contribution >= 0.6 is 15.9 Å². The van der Waals surface area contributed by atoms with Crippen molar-refractivity contribution in [3.63, 3.8) is 0 Å². The van der Waals surface area contributed by atoms with Crippen molar-refractivity contribution in [2.24, 2.45) is 5.10 Å². The van der Waals surface area contributed by atoms with E-state index in [-0.39, 0.29) is 5.91 Å². The van der Waals surface area contributed by atoms with E-state index in [2.05, 4.69) is 26.5 Å². The van der Waals surface area contributed by atoms with Crippen LogP contribution in [0.15, 0.2) is 26.3 Å². The normalized spacial score (nSPS) is 16.1. The van der Waals surface area contributed by atoms with Gasteiger partial charge in [0.25, 0.3) is 0 Å². The van der Waals surface area contributed by atoms with Gasteiger partial charge in [-0.15, -0.1) is 0 Å². The lowest BCUT2D eigenvalue weighted by atomic mass is 10.2. The van der Waals surface area contributed by atoms with Gasteiger partial charge in [0.15, 0.2) is 10.4 Å². The molecule has 0 fully saturated rings. The lowest BCUT2D eigenvalue weighted by molar-refractivity contribution is -0.119. The molecule has 0 spiro atoms. The third kappa shape index (κ3) is 1.27. The van der Waals surface area contributed by atoms with Crippen molar-refractivity contribution in [2.45, 2.75) is 6.42 Å². The molecule has 2 rings (SSSR count). The van der Waals surface area contributed by atoms with Gasteiger partial charge in [0.05, 0.1) is 6.42 Å². The minimum Gasteiger partial charge on any atom is -0.448 e. The summed E-state index contributed by atoms with van der Waals surface area (Å²) in [6, 6.07) is 3.53. The summed E-state index contributed by atoms with van der Waals surface area (Å²) < 4.78 is 5.85. The summed E-state index contributed by atoms with van der Waals surface area (Å²) in [6.45, 7) is 0. The predicted octanol–water partition coefficient (Wildman–Crippen LogP) is 1.27. The number of furan rings is 1. The van der Waals surface area contributed by atoms with Crippen molar-refractivity contribution in [3.05, 3.63) is 22.6 Å². The average Bonchev–Trinajstić information content (AvgIpc) is 2.58. The summed E-state index contributed by atoms with van der Waals surface area (Å²) in [5, 5.41) is 3.80. The Morgan fingerprint density at radius 3 is 2.92 bits per heavy atom. The minimum atomic E-state index is -0.0995. The Labute approximate surface area is 76.8 Å². The highest BCUT2D eigenvalue weighted by Crippen LogP contribution is 2.17. The smallest absolute Gasteiger partial charge is 0.246 e. The van der Waals surface area contributed by atoms with Crippen molar-refractivity contribution in [3.8, 4) is 0 Å². The molecule has 0 bridgehead atoms. The van der Waals surface area contributed by atoms with E-state index in [1.165, 1.54) is 0 Å². The van der Waals surface area contributed by atoms with Crippen LogP contribution in [0.1, 0.15) is 12.2 Å². The van der Waals surface area contributed by atoms with Crippen LogP contribution in [0.2, 0.25) is 0 Å². The fourth-order valence-electron chi connectivity index (χ4n) is 0.973. The SMILES string of the molecule is O=C1CC(c2ccc(Br)o2)=NN1. The number of hydrogen-bond acceptors (Lipinski definition) is 3. The van der Waals surface area contributed by atoms with E-state index in [0.29, 0.717) is 22.6 Å². The number of hydrazone groups is 1. The highest BCUT2D eigenvalue weighted by atomic mass is 79.9. The monoisotopic (exact) mass is 228 g/mol. The molecule has 5 heteroatoms. The van der Waals surface area contributed by atoms with Gasteiger partial charge in [-0.2, -0.15) is 5.10 Å². The van der Waals surface area contributed by atoms with Crippen molar-refractivity contribution in [1.29, 1.82) is 0 Å². The van der Waals surface area contributed by atoms with E-state index in [0.717, 1.165) is 0 Å². The molecule has 1 aromatic rings. The number of hydrogen-bond donors (Lipinski definition) is 1. The van der Waals surface area contributed by atoms with Gasteiger partial charge < -0.3 is 4.42 Å². The maximum absolute atomic E-state index is 10.8. The summed E-state index contributed by atoms with van der Waals surface area (Å²) >= 11 is 3.17. The summed E-state index contributed by atoms with van der Waals surface area (Å²) in [5.41, 5.74) is 3.00. The Morgan fingerprint density at radius 2 is 2.42 bits per heavy atom. The number of nitrogens with one attached hydrogen (secondary N) is 1. The maximum Gasteiger partial charge on any atom is 0.246 e. The first kappa shape index (κ1) is 7.54. The Bertz CT molecular complexity index is 356. The fourth-order valence-corrected chi connectivity index (χ4v) is 1.28. The highest BCUT2D eigenvalue weighted by molar-refractivity contribution is 9.10. The van der Waals surface area contributed by atoms with E-state index < -0.39 is 0 Å². The second-order valence-corrected chi connectivity index (χ2v) is 3.16. The maximum atomic E-state index is 10.8. The molecular weight excluding hydrogens is 224 g/mol. The van der Waals surface area contributed by atoms with Crippen LogP contribution in [0.3, 0.4) is 0 Å². The van der Waals surface area contributed by atoms with Crippen LogP contribution in [-0.4, -0.2) is 11.6 Å². The summed E-state index contributed by atoms with van der Waals surface area (Å²) in [7, 11) is 0. The molecule has 1 aromatic heterocycles. The second kappa shape index (κ2) is 2.75. The third-order valence-corrected chi connectivity index (χ3v) is 1.93. The van der Waals surface area contributed by atoms with Gasteiger partial charge in [-0.05, 0) is 28.1 Å². The van der Waals surface area contributed by atoms with Crippen molar-refractivity contribution >= 4 is 27.5 Å². The summed E-state index contributed by atoms with van der Waals surface area (Å²) in [4.78, 5) is 10.8. The third-order valence-electron chi connectivity index (χ3n) is 1.50. The molecule has 0 unspecified atom stereocenters. The zero-order valence-electron chi connectivity index (χ0n) is 6.00. The van der Waals surface area contributed by atoms with Gasteiger partial charge >= 0.3 is 0 Å². The molecule has 1 amide bonds.